The van der Waals surface area contributed by atoms with Gasteiger partial charge in [-0.2, -0.15) is 14.3 Å². The third-order valence-electron chi connectivity index (χ3n) is 13.4. The Bertz CT molecular complexity index is 2820. The number of anilines is 4. The molecule has 326 valence electrons. The first-order valence-electron chi connectivity index (χ1n) is 21.8. The van der Waals surface area contributed by atoms with Gasteiger partial charge in [0.15, 0.2) is 11.6 Å². The number of hydrogen-bond donors (Lipinski definition) is 2. The molecule has 10 heterocycles. The topological polar surface area (TPSA) is 214 Å². The standard InChI is InChI=1S/C43H47N13O6S/c1-24(2)56-35-17-37(47-36-9-12-44-39(48-36)26-18-46-53(21-26)63(61,62)30-4-5-30)45-19-33(35)40(50-56)52-13-10-25(11-14-52)20-51-22-28-15-29(23-51)54(28)27-3-6-31-32(16-27)43(60)55(42(31)59)34-7-8-38(57)49-41(34)58/h3,6,9,12,16-19,21,24-25,28-30,34H,4-5,7-8,10-11,13-15,20,22-23H2,1-2H3,(H,49,57,58)(H,44,45,47,48). The average Bonchev–Trinajstić information content (AvgIpc) is 3.81. The van der Waals surface area contributed by atoms with Gasteiger partial charge in [-0.1, -0.05) is 0 Å². The van der Waals surface area contributed by atoms with Crippen LogP contribution in [0.4, 0.5) is 23.1 Å². The van der Waals surface area contributed by atoms with Gasteiger partial charge in [0.05, 0.1) is 45.2 Å². The average molecular weight is 874 g/mol. The van der Waals surface area contributed by atoms with Crippen LogP contribution in [0.2, 0.25) is 0 Å². The van der Waals surface area contributed by atoms with Gasteiger partial charge in [-0.25, -0.2) is 23.4 Å². The molecule has 1 saturated carbocycles. The summed E-state index contributed by atoms with van der Waals surface area (Å²) in [6, 6.07) is 8.93. The Morgan fingerprint density at radius 1 is 0.889 bits per heavy atom. The first-order chi connectivity index (χ1) is 30.4. The number of carbonyl (C=O) groups is 4. The molecule has 0 spiro atoms. The number of benzene rings is 1. The molecular formula is C43H47N13O6S. The largest absolute Gasteiger partial charge is 0.363 e. The molecule has 5 aromatic rings. The number of pyridine rings is 1. The number of carbonyl (C=O) groups excluding carboxylic acids is 4. The SMILES string of the molecule is CC(C)n1nc(N2CCC(CN3CC4CC(C3)N4c3ccc4c(c3)C(=O)N(C3CCC(=O)NC3=O)C4=O)CC2)c2cnc(Nc3ccnc(-c4cnn(S(=O)(=O)C5CC5)c4)n3)cc21. The van der Waals surface area contributed by atoms with Crippen LogP contribution >= 0.6 is 0 Å². The highest BCUT2D eigenvalue weighted by Crippen LogP contribution is 2.41. The quantitative estimate of drug-likeness (QED) is 0.182. The molecule has 6 aliphatic heterocycles. The van der Waals surface area contributed by atoms with Gasteiger partial charge in [0.1, 0.15) is 17.7 Å². The van der Waals surface area contributed by atoms with E-state index in [1.165, 1.54) is 12.4 Å². The van der Waals surface area contributed by atoms with Crippen molar-refractivity contribution in [3.63, 3.8) is 0 Å². The molecule has 20 heteroatoms. The van der Waals surface area contributed by atoms with Crippen molar-refractivity contribution in [2.75, 3.05) is 47.8 Å². The molecule has 1 aromatic carbocycles. The van der Waals surface area contributed by atoms with Gasteiger partial charge in [-0.3, -0.25) is 39.0 Å². The first kappa shape index (κ1) is 39.6. The number of nitrogens with one attached hydrogen (secondary N) is 2. The minimum Gasteiger partial charge on any atom is -0.363 e. The predicted molar refractivity (Wildman–Crippen MR) is 231 cm³/mol. The molecule has 0 radical (unpaired) electrons. The predicted octanol–water partition coefficient (Wildman–Crippen LogP) is 3.33. The van der Waals surface area contributed by atoms with Crippen LogP contribution in [-0.2, 0) is 19.6 Å². The Labute approximate surface area is 362 Å². The second-order valence-electron chi connectivity index (χ2n) is 18.0. The Morgan fingerprint density at radius 3 is 2.41 bits per heavy atom. The fourth-order valence-electron chi connectivity index (χ4n) is 10.1. The van der Waals surface area contributed by atoms with Crippen LogP contribution in [-0.4, -0.2) is 132 Å². The lowest BCUT2D eigenvalue weighted by molar-refractivity contribution is -0.136. The third kappa shape index (κ3) is 6.89. The lowest BCUT2D eigenvalue weighted by Gasteiger charge is -2.58. The highest BCUT2D eigenvalue weighted by atomic mass is 32.2. The second-order valence-corrected chi connectivity index (χ2v) is 20.0. The fourth-order valence-corrected chi connectivity index (χ4v) is 11.5. The van der Waals surface area contributed by atoms with E-state index in [1.54, 1.807) is 18.3 Å². The van der Waals surface area contributed by atoms with E-state index in [1.807, 2.05) is 29.1 Å². The zero-order valence-electron chi connectivity index (χ0n) is 34.9. The van der Waals surface area contributed by atoms with Crippen LogP contribution in [0.5, 0.6) is 0 Å². The van der Waals surface area contributed by atoms with Crippen LogP contribution in [0.1, 0.15) is 85.6 Å². The summed E-state index contributed by atoms with van der Waals surface area (Å²) in [5.41, 5.74) is 3.01. The number of piperidine rings is 3. The van der Waals surface area contributed by atoms with Crippen LogP contribution in [0.15, 0.2) is 55.1 Å². The minimum atomic E-state index is -3.50. The van der Waals surface area contributed by atoms with Crippen molar-refractivity contribution >= 4 is 67.7 Å². The number of aromatic nitrogens is 7. The zero-order chi connectivity index (χ0) is 43.3. The van der Waals surface area contributed by atoms with Crippen molar-refractivity contribution < 1.29 is 27.6 Å². The van der Waals surface area contributed by atoms with E-state index in [4.69, 9.17) is 10.1 Å². The summed E-state index contributed by atoms with van der Waals surface area (Å²) in [7, 11) is -3.50. The molecule has 6 fully saturated rings. The van der Waals surface area contributed by atoms with Crippen molar-refractivity contribution in [1.29, 1.82) is 0 Å². The number of hydrogen-bond acceptors (Lipinski definition) is 15. The fraction of sp³-hybridized carbons (Fsp3) is 0.465. The molecule has 4 aromatic heterocycles. The Kier molecular flexibility index (Phi) is 9.37. The van der Waals surface area contributed by atoms with Crippen LogP contribution in [0, 0.1) is 5.92 Å². The molecular weight excluding hydrogens is 827 g/mol. The van der Waals surface area contributed by atoms with Crippen molar-refractivity contribution in [2.24, 2.45) is 5.92 Å². The summed E-state index contributed by atoms with van der Waals surface area (Å²) in [5.74, 6) is 0.987. The van der Waals surface area contributed by atoms with Gasteiger partial charge in [-0.05, 0) is 82.6 Å². The Morgan fingerprint density at radius 2 is 1.67 bits per heavy atom. The summed E-state index contributed by atoms with van der Waals surface area (Å²) in [6.45, 7) is 8.90. The number of piperazine rings is 1. The first-order valence-corrected chi connectivity index (χ1v) is 23.3. The molecule has 5 saturated heterocycles. The maximum Gasteiger partial charge on any atom is 0.262 e. The van der Waals surface area contributed by atoms with E-state index in [0.29, 0.717) is 65.0 Å². The highest BCUT2D eigenvalue weighted by molar-refractivity contribution is 7.90. The van der Waals surface area contributed by atoms with Crippen LogP contribution < -0.4 is 20.4 Å². The normalized spacial score (nSPS) is 23.2. The van der Waals surface area contributed by atoms with Gasteiger partial charge in [0.25, 0.3) is 21.8 Å². The molecule has 4 amide bonds. The lowest BCUT2D eigenvalue weighted by atomic mass is 9.85. The van der Waals surface area contributed by atoms with E-state index in [2.05, 4.69) is 54.2 Å². The molecule has 2 bridgehead atoms. The number of amides is 4. The smallest absolute Gasteiger partial charge is 0.262 e. The minimum absolute atomic E-state index is 0.0893. The van der Waals surface area contributed by atoms with Gasteiger partial charge < -0.3 is 15.1 Å². The summed E-state index contributed by atoms with van der Waals surface area (Å²) in [6.07, 6.45) is 11.1. The Balaban J connectivity index is 0.715. The number of rotatable bonds is 11. The Hall–Kier alpha value is -6.28. The summed E-state index contributed by atoms with van der Waals surface area (Å²) in [4.78, 5) is 73.1. The maximum atomic E-state index is 13.5. The molecule has 3 unspecified atom stereocenters. The second kappa shape index (κ2) is 14.9. The molecule has 3 atom stereocenters. The van der Waals surface area contributed by atoms with E-state index in [9.17, 15) is 27.6 Å². The maximum absolute atomic E-state index is 13.5. The molecule has 7 aliphatic rings. The van der Waals surface area contributed by atoms with E-state index in [0.717, 1.165) is 83.4 Å². The number of fused-ring (bicyclic) bond motifs is 4. The van der Waals surface area contributed by atoms with Gasteiger partial charge >= 0.3 is 0 Å². The van der Waals surface area contributed by atoms with Gasteiger partial charge in [0, 0.05) is 81.4 Å². The lowest BCUT2D eigenvalue weighted by Crippen LogP contribution is -2.69. The molecule has 2 N–H and O–H groups in total. The third-order valence-corrected chi connectivity index (χ3v) is 15.5. The molecule has 19 nitrogen and oxygen atoms in total. The van der Waals surface area contributed by atoms with Gasteiger partial charge in [0.2, 0.25) is 11.8 Å². The zero-order valence-corrected chi connectivity index (χ0v) is 35.7. The summed E-state index contributed by atoms with van der Waals surface area (Å²) >= 11 is 0. The van der Waals surface area contributed by atoms with Gasteiger partial charge in [-0.15, -0.1) is 0 Å². The van der Waals surface area contributed by atoms with Crippen LogP contribution in [0.25, 0.3) is 22.3 Å². The highest BCUT2D eigenvalue weighted by Gasteiger charge is 2.48. The van der Waals surface area contributed by atoms with E-state index < -0.39 is 39.7 Å². The number of nitrogens with zero attached hydrogens (tertiary/aromatic N) is 11. The molecule has 1 aliphatic carbocycles. The summed E-state index contributed by atoms with van der Waals surface area (Å²) in [5, 5.41) is 15.4. The number of imide groups is 2. The van der Waals surface area contributed by atoms with Crippen molar-refractivity contribution in [1.82, 2.24) is 49.0 Å². The van der Waals surface area contributed by atoms with E-state index >= 15 is 0 Å². The monoisotopic (exact) mass is 873 g/mol. The van der Waals surface area contributed by atoms with Crippen LogP contribution in [0.3, 0.4) is 0 Å². The van der Waals surface area contributed by atoms with Crippen molar-refractivity contribution in [3.8, 4) is 11.4 Å². The van der Waals surface area contributed by atoms with E-state index in [-0.39, 0.29) is 24.1 Å². The summed E-state index contributed by atoms with van der Waals surface area (Å²) < 4.78 is 28.4. The molecule has 63 heavy (non-hydrogen) atoms. The molecule has 12 rings (SSSR count). The van der Waals surface area contributed by atoms with Crippen molar-refractivity contribution in [3.05, 3.63) is 66.2 Å². The van der Waals surface area contributed by atoms with Crippen molar-refractivity contribution in [2.45, 2.75) is 88.2 Å².